The summed E-state index contributed by atoms with van der Waals surface area (Å²) in [6.45, 7) is 20.5. The average molecular weight is 1250 g/mol. The van der Waals surface area contributed by atoms with Gasteiger partial charge in [0.15, 0.2) is 23.3 Å². The first-order valence-corrected chi connectivity index (χ1v) is 33.9. The lowest BCUT2D eigenvalue weighted by Gasteiger charge is -2.29. The van der Waals surface area contributed by atoms with Crippen LogP contribution < -0.4 is 29.4 Å². The molecule has 10 heteroatoms. The Hall–Kier alpha value is -10.8. The van der Waals surface area contributed by atoms with Crippen LogP contribution in [0.3, 0.4) is 0 Å². The van der Waals surface area contributed by atoms with Crippen molar-refractivity contribution in [2.24, 2.45) is 0 Å². The molecule has 474 valence electrons. The molecule has 9 aromatic carbocycles. The quantitative estimate of drug-likeness (QED) is 0.161. The van der Waals surface area contributed by atoms with E-state index in [2.05, 4.69) is 322 Å². The summed E-state index contributed by atoms with van der Waals surface area (Å²) in [4.78, 5) is 33.9. The van der Waals surface area contributed by atoms with Crippen molar-refractivity contribution in [3.63, 3.8) is 0 Å². The van der Waals surface area contributed by atoms with E-state index in [-0.39, 0.29) is 34.7 Å². The number of pyridine rings is 2. The molecule has 0 bridgehead atoms. The number of anilines is 12. The maximum Gasteiger partial charge on any atom is 0.178 e. The topological polar surface area (TPSA) is 71.0 Å². The Labute approximate surface area is 565 Å². The summed E-state index contributed by atoms with van der Waals surface area (Å²) in [7, 11) is 0. The van der Waals surface area contributed by atoms with Crippen LogP contribution in [0.1, 0.15) is 95.7 Å². The number of aromatic nitrogens is 4. The first-order valence-electron chi connectivity index (χ1n) is 33.9. The zero-order valence-corrected chi connectivity index (χ0v) is 56.2. The third-order valence-corrected chi connectivity index (χ3v) is 20.0. The summed E-state index contributed by atoms with van der Waals surface area (Å²) < 4.78 is 0. The van der Waals surface area contributed by atoms with Crippen molar-refractivity contribution < 1.29 is 0 Å². The Morgan fingerprint density at radius 3 is 1.01 bits per heavy atom. The molecule has 3 unspecified atom stereocenters. The average Bonchev–Trinajstić information content (AvgIpc) is 1.57. The van der Waals surface area contributed by atoms with Crippen molar-refractivity contribution in [3.05, 3.63) is 301 Å². The van der Waals surface area contributed by atoms with E-state index >= 15 is 0 Å². The SMILES string of the molecule is CC(C)(C)c1ccc2c(c1)CC1N2c2cccnc2N1c1ccccc1-c1ccccc1.CC(C)(C)c1ccc2c(c1)CC1N2c2nccnc2N1c1ccccc1-c1ccccc1.CC(C)(C)c1ccc2c(c1)N1c3ncccc3N(c3ccccc3-c3ccccc3)C1C2. The lowest BCUT2D eigenvalue weighted by Crippen LogP contribution is -2.36. The predicted molar refractivity (Wildman–Crippen MR) is 397 cm³/mol. The summed E-state index contributed by atoms with van der Waals surface area (Å²) >= 11 is 0. The van der Waals surface area contributed by atoms with Crippen LogP contribution in [0.15, 0.2) is 267 Å². The highest BCUT2D eigenvalue weighted by Crippen LogP contribution is 2.57. The van der Waals surface area contributed by atoms with Crippen molar-refractivity contribution in [2.45, 2.75) is 116 Å². The second-order valence-corrected chi connectivity index (χ2v) is 29.1. The molecule has 6 aliphatic heterocycles. The molecule has 0 saturated carbocycles. The van der Waals surface area contributed by atoms with Gasteiger partial charge < -0.3 is 29.4 Å². The molecule has 12 aromatic rings. The van der Waals surface area contributed by atoms with Crippen LogP contribution in [0.4, 0.5) is 68.8 Å². The van der Waals surface area contributed by atoms with Gasteiger partial charge >= 0.3 is 0 Å². The van der Waals surface area contributed by atoms with Gasteiger partial charge in [-0.15, -0.1) is 0 Å². The van der Waals surface area contributed by atoms with Crippen molar-refractivity contribution >= 4 is 68.8 Å². The van der Waals surface area contributed by atoms with Crippen LogP contribution >= 0.6 is 0 Å². The van der Waals surface area contributed by atoms with Gasteiger partial charge in [-0.25, -0.2) is 19.9 Å². The van der Waals surface area contributed by atoms with Gasteiger partial charge in [0.1, 0.15) is 18.5 Å². The van der Waals surface area contributed by atoms with Gasteiger partial charge in [0.25, 0.3) is 0 Å². The van der Waals surface area contributed by atoms with Gasteiger partial charge in [-0.1, -0.05) is 244 Å². The molecule has 6 aliphatic rings. The molecule has 9 heterocycles. The smallest absolute Gasteiger partial charge is 0.178 e. The molecule has 3 aromatic heterocycles. The van der Waals surface area contributed by atoms with E-state index < -0.39 is 0 Å². The molecular formula is C86H80N10. The summed E-state index contributed by atoms with van der Waals surface area (Å²) in [5, 5.41) is 0. The Kier molecular flexibility index (Phi) is 14.8. The highest BCUT2D eigenvalue weighted by molar-refractivity contribution is 5.96. The van der Waals surface area contributed by atoms with Crippen molar-refractivity contribution in [1.29, 1.82) is 0 Å². The van der Waals surface area contributed by atoms with Crippen molar-refractivity contribution in [2.75, 3.05) is 29.4 Å². The third kappa shape index (κ3) is 10.4. The first kappa shape index (κ1) is 60.1. The van der Waals surface area contributed by atoms with Gasteiger partial charge in [-0.05, 0) is 127 Å². The Morgan fingerprint density at radius 1 is 0.250 bits per heavy atom. The number of hydrogen-bond donors (Lipinski definition) is 0. The van der Waals surface area contributed by atoms with E-state index in [0.29, 0.717) is 0 Å². The lowest BCUT2D eigenvalue weighted by atomic mass is 9.86. The Balaban J connectivity index is 0.000000113. The number of rotatable bonds is 6. The highest BCUT2D eigenvalue weighted by atomic mass is 15.5. The Morgan fingerprint density at radius 2 is 0.562 bits per heavy atom. The highest BCUT2D eigenvalue weighted by Gasteiger charge is 2.48. The van der Waals surface area contributed by atoms with Gasteiger partial charge in [-0.2, -0.15) is 0 Å². The molecule has 0 radical (unpaired) electrons. The zero-order chi connectivity index (χ0) is 65.6. The molecule has 18 rings (SSSR count). The zero-order valence-electron chi connectivity index (χ0n) is 56.2. The van der Waals surface area contributed by atoms with Crippen LogP contribution in [0.25, 0.3) is 33.4 Å². The minimum Gasteiger partial charge on any atom is -0.316 e. The largest absolute Gasteiger partial charge is 0.316 e. The fourth-order valence-corrected chi connectivity index (χ4v) is 15.2. The molecule has 0 amide bonds. The van der Waals surface area contributed by atoms with Crippen LogP contribution in [0.2, 0.25) is 0 Å². The van der Waals surface area contributed by atoms with Gasteiger partial charge in [0.2, 0.25) is 0 Å². The summed E-state index contributed by atoms with van der Waals surface area (Å²) in [5.74, 6) is 3.94. The van der Waals surface area contributed by atoms with Gasteiger partial charge in [0, 0.05) is 77.8 Å². The van der Waals surface area contributed by atoms with E-state index in [1.54, 1.807) is 12.4 Å². The summed E-state index contributed by atoms with van der Waals surface area (Å²) in [5.41, 5.74) is 25.8. The first-order chi connectivity index (χ1) is 46.6. The molecule has 0 N–H and O–H groups in total. The summed E-state index contributed by atoms with van der Waals surface area (Å²) in [6, 6.07) is 87.4. The molecule has 96 heavy (non-hydrogen) atoms. The van der Waals surface area contributed by atoms with Crippen LogP contribution in [0.5, 0.6) is 0 Å². The van der Waals surface area contributed by atoms with Crippen molar-refractivity contribution in [1.82, 2.24) is 19.9 Å². The molecule has 0 aliphatic carbocycles. The number of fused-ring (bicyclic) bond motifs is 15. The van der Waals surface area contributed by atoms with Crippen LogP contribution in [-0.2, 0) is 35.5 Å². The molecule has 10 nitrogen and oxygen atoms in total. The molecule has 0 spiro atoms. The molecule has 0 saturated heterocycles. The van der Waals surface area contributed by atoms with E-state index in [9.17, 15) is 0 Å². The molecule has 0 fully saturated rings. The monoisotopic (exact) mass is 1250 g/mol. The standard InChI is InChI=1S/2C29H27N3.C28H26N4/c1-29(2,3)22-15-16-24-21(18-22)19-27-31(24)26-14-9-17-30-28(26)32(27)25-13-8-7-12-23(25)20-10-5-4-6-11-20;1-29(2,3)22-16-15-21-18-27-31(25-14-9-17-30-28(25)32(27)26(21)19-22)24-13-8-7-12-23(24)20-10-5-4-6-11-20;1-28(2,3)21-13-14-23-20(17-21)18-25-31(23)26-27(30-16-15-29-26)32(25)24-12-8-7-11-22(24)19-9-5-4-6-10-19/h4-18,27H,19H2,1-3H3;4-17,19,27H,18H2,1-3H3;4-17,25H,18H2,1-3H3. The minimum absolute atomic E-state index is 0.110. The van der Waals surface area contributed by atoms with Crippen LogP contribution in [0, 0.1) is 0 Å². The molecule has 3 atom stereocenters. The maximum absolute atomic E-state index is 4.86. The number of para-hydroxylation sites is 3. The van der Waals surface area contributed by atoms with Crippen molar-refractivity contribution in [3.8, 4) is 33.4 Å². The second kappa shape index (κ2) is 23.6. The number of nitrogens with zero attached hydrogens (tertiary/aromatic N) is 10. The number of hydrogen-bond acceptors (Lipinski definition) is 10. The van der Waals surface area contributed by atoms with E-state index in [1.807, 2.05) is 24.5 Å². The van der Waals surface area contributed by atoms with Gasteiger partial charge in [-0.3, -0.25) is 0 Å². The van der Waals surface area contributed by atoms with E-state index in [1.165, 1.54) is 107 Å². The second-order valence-electron chi connectivity index (χ2n) is 29.1. The van der Waals surface area contributed by atoms with E-state index in [0.717, 1.165) is 48.2 Å². The maximum atomic E-state index is 4.86. The lowest BCUT2D eigenvalue weighted by molar-refractivity contribution is 0.589. The minimum atomic E-state index is 0.110. The van der Waals surface area contributed by atoms with Crippen LogP contribution in [-0.4, -0.2) is 38.4 Å². The predicted octanol–water partition coefficient (Wildman–Crippen LogP) is 21.0. The normalized spacial score (nSPS) is 16.7. The fourth-order valence-electron chi connectivity index (χ4n) is 15.2. The summed E-state index contributed by atoms with van der Waals surface area (Å²) in [6.07, 6.45) is 10.8. The van der Waals surface area contributed by atoms with Gasteiger partial charge in [0.05, 0.1) is 28.4 Å². The fraction of sp³-hybridized carbons (Fsp3) is 0.209. The van der Waals surface area contributed by atoms with E-state index in [4.69, 9.17) is 19.9 Å². The number of benzene rings is 9. The Bertz CT molecular complexity index is 4570. The molecular weight excluding hydrogens is 1170 g/mol. The third-order valence-electron chi connectivity index (χ3n) is 20.0.